The van der Waals surface area contributed by atoms with E-state index in [1.165, 1.54) is 52.5 Å². The topological polar surface area (TPSA) is 25.8 Å². The first kappa shape index (κ1) is 27.9. The van der Waals surface area contributed by atoms with Crippen LogP contribution in [-0.4, -0.2) is 9.97 Å². The first-order valence-corrected chi connectivity index (χ1v) is 17.4. The van der Waals surface area contributed by atoms with Crippen molar-refractivity contribution in [1.82, 2.24) is 9.97 Å². The summed E-state index contributed by atoms with van der Waals surface area (Å²) in [6, 6.07) is 60.8. The van der Waals surface area contributed by atoms with Gasteiger partial charge in [-0.1, -0.05) is 146 Å². The van der Waals surface area contributed by atoms with Crippen molar-refractivity contribution in [2.24, 2.45) is 0 Å². The zero-order valence-corrected chi connectivity index (χ0v) is 27.3. The van der Waals surface area contributed by atoms with Gasteiger partial charge < -0.3 is 0 Å². The van der Waals surface area contributed by atoms with Gasteiger partial charge in [0.25, 0.3) is 0 Å². The summed E-state index contributed by atoms with van der Waals surface area (Å²) in [6.45, 7) is 0. The second-order valence-corrected chi connectivity index (χ2v) is 13.6. The zero-order valence-electron chi connectivity index (χ0n) is 26.5. The lowest BCUT2D eigenvalue weighted by atomic mass is 9.90. The van der Waals surface area contributed by atoms with Crippen LogP contribution in [0.2, 0.25) is 0 Å². The number of hydrogen-bond donors (Lipinski definition) is 0. The molecule has 0 saturated carbocycles. The fraction of sp³-hybridized carbons (Fsp3) is 0. The summed E-state index contributed by atoms with van der Waals surface area (Å²) in [7, 11) is 0. The predicted octanol–water partition coefficient (Wildman–Crippen LogP) is 13.0. The van der Waals surface area contributed by atoms with Crippen LogP contribution in [-0.2, 0) is 0 Å². The van der Waals surface area contributed by atoms with Crippen molar-refractivity contribution in [3.8, 4) is 45.0 Å². The van der Waals surface area contributed by atoms with E-state index in [0.29, 0.717) is 0 Å². The SMILES string of the molecule is c1ccc(-c2cc(-c3ccccc3)nc(-c3c(-c4ccc5c6ccccc6c6ccccc6c5c4)ccc4sc5ccccc5c34)n2)cc1. The minimum absolute atomic E-state index is 0.729. The third kappa shape index (κ3) is 4.55. The Morgan fingerprint density at radius 2 is 0.857 bits per heavy atom. The van der Waals surface area contributed by atoms with E-state index in [9.17, 15) is 0 Å². The molecule has 228 valence electrons. The number of aromatic nitrogens is 2. The summed E-state index contributed by atoms with van der Waals surface area (Å²) >= 11 is 1.83. The lowest BCUT2D eigenvalue weighted by Crippen LogP contribution is -1.98. The molecule has 3 heteroatoms. The number of nitrogens with zero attached hydrogens (tertiary/aromatic N) is 2. The van der Waals surface area contributed by atoms with E-state index in [1.54, 1.807) is 0 Å². The Labute approximate surface area is 287 Å². The van der Waals surface area contributed by atoms with E-state index < -0.39 is 0 Å². The molecule has 2 aromatic heterocycles. The van der Waals surface area contributed by atoms with Gasteiger partial charge in [-0.25, -0.2) is 9.97 Å². The molecule has 0 aliphatic rings. The largest absolute Gasteiger partial charge is 0.228 e. The lowest BCUT2D eigenvalue weighted by molar-refractivity contribution is 1.19. The van der Waals surface area contributed by atoms with Gasteiger partial charge in [-0.3, -0.25) is 0 Å². The Kier molecular flexibility index (Phi) is 6.39. The van der Waals surface area contributed by atoms with E-state index >= 15 is 0 Å². The highest BCUT2D eigenvalue weighted by Gasteiger charge is 2.21. The highest BCUT2D eigenvalue weighted by atomic mass is 32.1. The van der Waals surface area contributed by atoms with Crippen LogP contribution < -0.4 is 0 Å². The Hall–Kier alpha value is -6.16. The second-order valence-electron chi connectivity index (χ2n) is 12.5. The van der Waals surface area contributed by atoms with Crippen LogP contribution in [0.15, 0.2) is 170 Å². The maximum Gasteiger partial charge on any atom is 0.161 e. The number of rotatable bonds is 4. The highest BCUT2D eigenvalue weighted by Crippen LogP contribution is 2.46. The minimum Gasteiger partial charge on any atom is -0.228 e. The van der Waals surface area contributed by atoms with Crippen LogP contribution in [0.25, 0.3) is 97.5 Å². The number of benzene rings is 8. The molecule has 0 fully saturated rings. The molecule has 0 bridgehead atoms. The molecule has 0 atom stereocenters. The molecule has 0 spiro atoms. The first-order valence-electron chi connectivity index (χ1n) is 16.6. The summed E-state index contributed by atoms with van der Waals surface area (Å²) in [4.78, 5) is 10.7. The monoisotopic (exact) mass is 640 g/mol. The van der Waals surface area contributed by atoms with Crippen LogP contribution in [0.4, 0.5) is 0 Å². The third-order valence-corrected chi connectivity index (χ3v) is 10.8. The van der Waals surface area contributed by atoms with Gasteiger partial charge in [0, 0.05) is 36.9 Å². The van der Waals surface area contributed by atoms with Crippen molar-refractivity contribution in [2.75, 3.05) is 0 Å². The summed E-state index contributed by atoms with van der Waals surface area (Å²) in [6.07, 6.45) is 0. The molecular formula is C46H28N2S. The fourth-order valence-corrected chi connectivity index (χ4v) is 8.55. The molecule has 8 aromatic carbocycles. The zero-order chi connectivity index (χ0) is 32.3. The predicted molar refractivity (Wildman–Crippen MR) is 209 cm³/mol. The number of hydrogen-bond acceptors (Lipinski definition) is 3. The molecule has 0 aliphatic heterocycles. The summed E-state index contributed by atoms with van der Waals surface area (Å²) in [5.41, 5.74) is 7.28. The quantitative estimate of drug-likeness (QED) is 0.179. The Morgan fingerprint density at radius 3 is 1.47 bits per heavy atom. The molecule has 0 saturated heterocycles. The van der Waals surface area contributed by atoms with Gasteiger partial charge in [0.15, 0.2) is 5.82 Å². The highest BCUT2D eigenvalue weighted by molar-refractivity contribution is 7.26. The van der Waals surface area contributed by atoms with E-state index in [1.807, 2.05) is 23.5 Å². The molecule has 10 aromatic rings. The average molecular weight is 641 g/mol. The van der Waals surface area contributed by atoms with Crippen molar-refractivity contribution in [3.05, 3.63) is 170 Å². The van der Waals surface area contributed by atoms with Gasteiger partial charge in [-0.15, -0.1) is 11.3 Å². The van der Waals surface area contributed by atoms with Gasteiger partial charge in [-0.2, -0.15) is 0 Å². The Bertz CT molecular complexity index is 2780. The Balaban J connectivity index is 1.32. The van der Waals surface area contributed by atoms with E-state index in [0.717, 1.165) is 45.0 Å². The molecule has 2 heterocycles. The van der Waals surface area contributed by atoms with Gasteiger partial charge in [-0.05, 0) is 67.7 Å². The third-order valence-electron chi connectivity index (χ3n) is 9.69. The van der Waals surface area contributed by atoms with Crippen molar-refractivity contribution in [3.63, 3.8) is 0 Å². The molecule has 2 nitrogen and oxygen atoms in total. The van der Waals surface area contributed by atoms with Gasteiger partial charge in [0.2, 0.25) is 0 Å². The summed E-state index contributed by atoms with van der Waals surface area (Å²) < 4.78 is 2.49. The molecule has 0 amide bonds. The average Bonchev–Trinajstić information content (AvgIpc) is 3.57. The van der Waals surface area contributed by atoms with Gasteiger partial charge in [0.05, 0.1) is 11.4 Å². The van der Waals surface area contributed by atoms with E-state index in [4.69, 9.17) is 9.97 Å². The first-order chi connectivity index (χ1) is 24.3. The maximum absolute atomic E-state index is 5.37. The smallest absolute Gasteiger partial charge is 0.161 e. The Morgan fingerprint density at radius 1 is 0.347 bits per heavy atom. The van der Waals surface area contributed by atoms with Crippen LogP contribution in [0, 0.1) is 0 Å². The molecule has 0 N–H and O–H groups in total. The van der Waals surface area contributed by atoms with Crippen LogP contribution in [0.5, 0.6) is 0 Å². The van der Waals surface area contributed by atoms with Crippen molar-refractivity contribution in [1.29, 1.82) is 0 Å². The van der Waals surface area contributed by atoms with E-state index in [-0.39, 0.29) is 0 Å². The molecule has 0 aliphatic carbocycles. The molecule has 49 heavy (non-hydrogen) atoms. The molecule has 10 rings (SSSR count). The fourth-order valence-electron chi connectivity index (χ4n) is 7.44. The van der Waals surface area contributed by atoms with Gasteiger partial charge in [0.1, 0.15) is 0 Å². The van der Waals surface area contributed by atoms with Crippen LogP contribution in [0.1, 0.15) is 0 Å². The van der Waals surface area contributed by atoms with Crippen LogP contribution >= 0.6 is 11.3 Å². The normalized spacial score (nSPS) is 11.7. The molecular weight excluding hydrogens is 613 g/mol. The van der Waals surface area contributed by atoms with Crippen molar-refractivity contribution in [2.45, 2.75) is 0 Å². The number of thiophene rings is 1. The van der Waals surface area contributed by atoms with E-state index in [2.05, 4.69) is 158 Å². The number of fused-ring (bicyclic) bond motifs is 9. The van der Waals surface area contributed by atoms with Crippen molar-refractivity contribution < 1.29 is 0 Å². The summed E-state index contributed by atoms with van der Waals surface area (Å²) in [5, 5.41) is 10.0. The molecule has 0 radical (unpaired) electrons. The van der Waals surface area contributed by atoms with Crippen LogP contribution in [0.3, 0.4) is 0 Å². The summed E-state index contributed by atoms with van der Waals surface area (Å²) in [5.74, 6) is 0.729. The lowest BCUT2D eigenvalue weighted by Gasteiger charge is -2.16. The maximum atomic E-state index is 5.37. The minimum atomic E-state index is 0.729. The van der Waals surface area contributed by atoms with Crippen molar-refractivity contribution >= 4 is 63.8 Å². The second kappa shape index (κ2) is 11.2. The molecule has 0 unspecified atom stereocenters. The van der Waals surface area contributed by atoms with Gasteiger partial charge >= 0.3 is 0 Å². The standard InChI is InChI=1S/C46H28N2S/c1-3-13-29(14-4-1)40-28-41(30-15-5-2-6-16-30)48-46(47-40)45-32(25-26-43-44(45)38-21-11-12-22-42(38)49-43)31-23-24-37-35-19-8-7-17-33(35)34-18-9-10-20-36(34)39(37)27-31/h1-28H.